The molecule has 0 amide bonds. The van der Waals surface area contributed by atoms with Gasteiger partial charge in [-0.25, -0.2) is 0 Å². The molecule has 0 radical (unpaired) electrons. The number of rotatable bonds is 4. The molecule has 3 nitrogen and oxygen atoms in total. The van der Waals surface area contributed by atoms with Gasteiger partial charge in [-0.15, -0.1) is 0 Å². The molecule has 3 heteroatoms. The first-order chi connectivity index (χ1) is 9.15. The van der Waals surface area contributed by atoms with Crippen LogP contribution >= 0.6 is 0 Å². The van der Waals surface area contributed by atoms with E-state index < -0.39 is 0 Å². The van der Waals surface area contributed by atoms with Gasteiger partial charge in [-0.05, 0) is 56.5 Å². The van der Waals surface area contributed by atoms with Crippen LogP contribution in [-0.2, 0) is 9.53 Å². The molecule has 0 N–H and O–H groups in total. The van der Waals surface area contributed by atoms with Crippen molar-refractivity contribution in [3.8, 4) is 0 Å². The number of ether oxygens (including phenoxy) is 1. The second-order valence-electron chi connectivity index (χ2n) is 6.68. The Morgan fingerprint density at radius 3 is 2.58 bits per heavy atom. The molecule has 0 bridgehead atoms. The van der Waals surface area contributed by atoms with Crippen molar-refractivity contribution in [2.24, 2.45) is 17.8 Å². The van der Waals surface area contributed by atoms with E-state index in [1.807, 2.05) is 0 Å². The summed E-state index contributed by atoms with van der Waals surface area (Å²) in [7, 11) is 0. The molecule has 1 heterocycles. The highest BCUT2D eigenvalue weighted by Crippen LogP contribution is 2.33. The molecule has 2 rings (SSSR count). The number of esters is 1. The van der Waals surface area contributed by atoms with Crippen LogP contribution in [0.2, 0.25) is 0 Å². The molecule has 3 atom stereocenters. The van der Waals surface area contributed by atoms with Crippen molar-refractivity contribution in [3.63, 3.8) is 0 Å². The fraction of sp³-hybridized carbons (Fsp3) is 0.938. The Bertz CT molecular complexity index is 286. The summed E-state index contributed by atoms with van der Waals surface area (Å²) in [5.74, 6) is 2.11. The van der Waals surface area contributed by atoms with Crippen molar-refractivity contribution in [1.82, 2.24) is 4.90 Å². The van der Waals surface area contributed by atoms with Gasteiger partial charge in [0.2, 0.25) is 0 Å². The van der Waals surface area contributed by atoms with Crippen LogP contribution in [0.3, 0.4) is 0 Å². The molecule has 19 heavy (non-hydrogen) atoms. The minimum Gasteiger partial charge on any atom is -0.464 e. The minimum atomic E-state index is -0.0206. The maximum absolute atomic E-state index is 11.9. The van der Waals surface area contributed by atoms with Gasteiger partial charge in [0.05, 0.1) is 13.2 Å². The van der Waals surface area contributed by atoms with Gasteiger partial charge in [0.15, 0.2) is 0 Å². The molecule has 1 saturated heterocycles. The lowest BCUT2D eigenvalue weighted by atomic mass is 9.76. The zero-order valence-corrected chi connectivity index (χ0v) is 12.6. The van der Waals surface area contributed by atoms with Crippen LogP contribution < -0.4 is 0 Å². The molecule has 1 aliphatic heterocycles. The van der Waals surface area contributed by atoms with Gasteiger partial charge in [-0.1, -0.05) is 26.7 Å². The maximum atomic E-state index is 11.9. The fourth-order valence-electron chi connectivity index (χ4n) is 3.52. The molecule has 110 valence electrons. The van der Waals surface area contributed by atoms with E-state index in [2.05, 4.69) is 18.7 Å². The fourth-order valence-corrected chi connectivity index (χ4v) is 3.52. The van der Waals surface area contributed by atoms with Crippen LogP contribution in [0.15, 0.2) is 0 Å². The number of hydrogen-bond donors (Lipinski definition) is 0. The lowest BCUT2D eigenvalue weighted by molar-refractivity contribution is -0.147. The van der Waals surface area contributed by atoms with Gasteiger partial charge in [0.1, 0.15) is 0 Å². The summed E-state index contributed by atoms with van der Waals surface area (Å²) in [6.45, 7) is 7.89. The molecule has 2 aliphatic rings. The Balaban J connectivity index is 1.65. The summed E-state index contributed by atoms with van der Waals surface area (Å²) in [5.41, 5.74) is 0. The monoisotopic (exact) mass is 267 g/mol. The first kappa shape index (κ1) is 14.8. The van der Waals surface area contributed by atoms with E-state index in [9.17, 15) is 4.79 Å². The predicted octanol–water partition coefficient (Wildman–Crippen LogP) is 3.09. The second kappa shape index (κ2) is 7.28. The van der Waals surface area contributed by atoms with Crippen LogP contribution in [0.25, 0.3) is 0 Å². The number of likely N-dealkylation sites (tertiary alicyclic amines) is 1. The van der Waals surface area contributed by atoms with Crippen molar-refractivity contribution >= 4 is 5.97 Å². The minimum absolute atomic E-state index is 0.0206. The van der Waals surface area contributed by atoms with Crippen LogP contribution in [0.5, 0.6) is 0 Å². The van der Waals surface area contributed by atoms with Crippen LogP contribution in [0.4, 0.5) is 0 Å². The maximum Gasteiger partial charge on any atom is 0.320 e. The SMILES string of the molecule is C[C@H]1CC[C@H](COC(=O)CN2CCCCC2)[C@H](C)C1. The average Bonchev–Trinajstić information content (AvgIpc) is 2.39. The smallest absolute Gasteiger partial charge is 0.320 e. The Morgan fingerprint density at radius 2 is 1.89 bits per heavy atom. The largest absolute Gasteiger partial charge is 0.464 e. The van der Waals surface area contributed by atoms with Crippen molar-refractivity contribution in [1.29, 1.82) is 0 Å². The molecule has 0 unspecified atom stereocenters. The number of carbonyl (C=O) groups excluding carboxylic acids is 1. The third-order valence-corrected chi connectivity index (χ3v) is 4.87. The number of hydrogen-bond acceptors (Lipinski definition) is 3. The van der Waals surface area contributed by atoms with Crippen molar-refractivity contribution in [2.75, 3.05) is 26.2 Å². The highest BCUT2D eigenvalue weighted by molar-refractivity contribution is 5.71. The van der Waals surface area contributed by atoms with Gasteiger partial charge in [0, 0.05) is 0 Å². The first-order valence-corrected chi connectivity index (χ1v) is 8.03. The molecule has 0 spiro atoms. The number of piperidine rings is 1. The van der Waals surface area contributed by atoms with Gasteiger partial charge < -0.3 is 4.74 Å². The van der Waals surface area contributed by atoms with Crippen LogP contribution in [0.1, 0.15) is 52.4 Å². The van der Waals surface area contributed by atoms with Gasteiger partial charge in [-0.3, -0.25) is 9.69 Å². The molecule has 1 saturated carbocycles. The summed E-state index contributed by atoms with van der Waals surface area (Å²) in [6.07, 6.45) is 7.56. The van der Waals surface area contributed by atoms with Gasteiger partial charge in [-0.2, -0.15) is 0 Å². The Hall–Kier alpha value is -0.570. The summed E-state index contributed by atoms with van der Waals surface area (Å²) in [5, 5.41) is 0. The summed E-state index contributed by atoms with van der Waals surface area (Å²) >= 11 is 0. The number of carbonyl (C=O) groups is 1. The van der Waals surface area contributed by atoms with Gasteiger partial charge in [0.25, 0.3) is 0 Å². The van der Waals surface area contributed by atoms with Crippen LogP contribution in [-0.4, -0.2) is 37.1 Å². The normalized spacial score (nSPS) is 33.1. The van der Waals surface area contributed by atoms with E-state index in [1.54, 1.807) is 0 Å². The lowest BCUT2D eigenvalue weighted by Gasteiger charge is -2.32. The molecular weight excluding hydrogens is 238 g/mol. The molecule has 0 aromatic heterocycles. The van der Waals surface area contributed by atoms with E-state index in [0.29, 0.717) is 25.0 Å². The second-order valence-corrected chi connectivity index (χ2v) is 6.68. The molecule has 0 aromatic rings. The molecular formula is C16H29NO2. The van der Waals surface area contributed by atoms with Crippen LogP contribution in [0, 0.1) is 17.8 Å². The van der Waals surface area contributed by atoms with E-state index in [4.69, 9.17) is 4.74 Å². The van der Waals surface area contributed by atoms with Crippen molar-refractivity contribution < 1.29 is 9.53 Å². The topological polar surface area (TPSA) is 29.5 Å². The molecule has 0 aromatic carbocycles. The Labute approximate surface area is 117 Å². The first-order valence-electron chi connectivity index (χ1n) is 8.03. The predicted molar refractivity (Wildman–Crippen MR) is 76.9 cm³/mol. The number of nitrogens with zero attached hydrogens (tertiary/aromatic N) is 1. The Kier molecular flexibility index (Phi) is 5.68. The summed E-state index contributed by atoms with van der Waals surface area (Å²) in [6, 6.07) is 0. The molecule has 1 aliphatic carbocycles. The standard InChI is InChI=1S/C16H29NO2/c1-13-6-7-15(14(2)10-13)12-19-16(18)11-17-8-4-3-5-9-17/h13-15H,3-12H2,1-2H3/t13-,14+,15+/m0/s1. The lowest BCUT2D eigenvalue weighted by Crippen LogP contribution is -2.36. The third kappa shape index (κ3) is 4.79. The third-order valence-electron chi connectivity index (χ3n) is 4.87. The zero-order chi connectivity index (χ0) is 13.7. The highest BCUT2D eigenvalue weighted by atomic mass is 16.5. The van der Waals surface area contributed by atoms with Gasteiger partial charge >= 0.3 is 5.97 Å². The van der Waals surface area contributed by atoms with E-state index in [1.165, 1.54) is 38.5 Å². The average molecular weight is 267 g/mol. The summed E-state index contributed by atoms with van der Waals surface area (Å²) < 4.78 is 5.51. The van der Waals surface area contributed by atoms with E-state index >= 15 is 0 Å². The highest BCUT2D eigenvalue weighted by Gasteiger charge is 2.26. The van der Waals surface area contributed by atoms with Crippen molar-refractivity contribution in [3.05, 3.63) is 0 Å². The van der Waals surface area contributed by atoms with E-state index in [0.717, 1.165) is 19.0 Å². The van der Waals surface area contributed by atoms with Crippen molar-refractivity contribution in [2.45, 2.75) is 52.4 Å². The van der Waals surface area contributed by atoms with E-state index in [-0.39, 0.29) is 5.97 Å². The quantitative estimate of drug-likeness (QED) is 0.733. The Morgan fingerprint density at radius 1 is 1.16 bits per heavy atom. The summed E-state index contributed by atoms with van der Waals surface area (Å²) in [4.78, 5) is 14.1. The molecule has 2 fully saturated rings. The zero-order valence-electron chi connectivity index (χ0n) is 12.6.